The molecule has 9 heteroatoms. The molecule has 0 saturated carbocycles. The van der Waals surface area contributed by atoms with E-state index in [9.17, 15) is 10.1 Å². The number of hydrogen-bond acceptors (Lipinski definition) is 6. The lowest BCUT2D eigenvalue weighted by Crippen LogP contribution is -2.26. The molecule has 0 aliphatic rings. The smallest absolute Gasteiger partial charge is 0.264 e. The first-order valence-electron chi connectivity index (χ1n) is 9.28. The molecule has 2 aromatic carbocycles. The first kappa shape index (κ1) is 20.7. The van der Waals surface area contributed by atoms with E-state index in [1.807, 2.05) is 25.1 Å². The molecule has 4 aromatic rings. The van der Waals surface area contributed by atoms with E-state index < -0.39 is 6.04 Å². The van der Waals surface area contributed by atoms with E-state index in [2.05, 4.69) is 15.3 Å². The van der Waals surface area contributed by atoms with Crippen LogP contribution in [0.4, 0.5) is 11.8 Å². The number of aromatic nitrogens is 3. The fourth-order valence-electron chi connectivity index (χ4n) is 3.38. The summed E-state index contributed by atoms with van der Waals surface area (Å²) in [4.78, 5) is 21.5. The van der Waals surface area contributed by atoms with Crippen LogP contribution in [-0.2, 0) is 0 Å². The van der Waals surface area contributed by atoms with Gasteiger partial charge in [0, 0.05) is 16.4 Å². The molecule has 31 heavy (non-hydrogen) atoms. The van der Waals surface area contributed by atoms with E-state index in [0.29, 0.717) is 32.2 Å². The van der Waals surface area contributed by atoms with Crippen molar-refractivity contribution in [2.45, 2.75) is 13.0 Å². The fourth-order valence-corrected chi connectivity index (χ4v) is 3.77. The predicted octanol–water partition coefficient (Wildman–Crippen LogP) is 4.71. The minimum absolute atomic E-state index is 0.0362. The molecule has 0 aliphatic carbocycles. The summed E-state index contributed by atoms with van der Waals surface area (Å²) in [5.74, 6) is 0.317. The zero-order valence-electron chi connectivity index (χ0n) is 16.3. The van der Waals surface area contributed by atoms with Crippen LogP contribution in [0.2, 0.25) is 10.0 Å². The highest BCUT2D eigenvalue weighted by molar-refractivity contribution is 6.35. The van der Waals surface area contributed by atoms with Crippen molar-refractivity contribution < 1.29 is 0 Å². The number of nitrogens with one attached hydrogen (secondary N) is 1. The van der Waals surface area contributed by atoms with E-state index in [1.54, 1.807) is 41.0 Å². The summed E-state index contributed by atoms with van der Waals surface area (Å²) in [5, 5.41) is 14.6. The van der Waals surface area contributed by atoms with Gasteiger partial charge in [0.05, 0.1) is 22.6 Å². The van der Waals surface area contributed by atoms with Crippen LogP contribution in [0.3, 0.4) is 0 Å². The molecule has 0 bridgehead atoms. The number of anilines is 2. The minimum atomic E-state index is -0.423. The maximum absolute atomic E-state index is 13.5. The van der Waals surface area contributed by atoms with Crippen LogP contribution in [0.1, 0.15) is 24.2 Å². The number of pyridine rings is 1. The second-order valence-corrected chi connectivity index (χ2v) is 7.70. The molecule has 0 radical (unpaired) electrons. The predicted molar refractivity (Wildman–Crippen MR) is 123 cm³/mol. The molecule has 0 fully saturated rings. The average Bonchev–Trinajstić information content (AvgIpc) is 2.74. The lowest BCUT2D eigenvalue weighted by Gasteiger charge is -2.22. The normalized spacial score (nSPS) is 11.8. The van der Waals surface area contributed by atoms with Gasteiger partial charge in [-0.1, -0.05) is 35.3 Å². The van der Waals surface area contributed by atoms with Crippen molar-refractivity contribution in [3.8, 4) is 11.8 Å². The van der Waals surface area contributed by atoms with Gasteiger partial charge in [0.2, 0.25) is 5.95 Å². The third-order valence-corrected chi connectivity index (χ3v) is 5.40. The Kier molecular flexibility index (Phi) is 5.51. The van der Waals surface area contributed by atoms with Gasteiger partial charge in [-0.05, 0) is 48.7 Å². The Morgan fingerprint density at radius 1 is 1.19 bits per heavy atom. The van der Waals surface area contributed by atoms with Crippen LogP contribution >= 0.6 is 23.2 Å². The molecule has 0 unspecified atom stereocenters. The van der Waals surface area contributed by atoms with E-state index in [0.717, 1.165) is 0 Å². The number of nitriles is 1. The summed E-state index contributed by atoms with van der Waals surface area (Å²) >= 11 is 12.4. The topological polar surface area (TPSA) is 110 Å². The SMILES string of the molecule is C[C@H](Nc1nc(N)ncc1C#N)c1cc2cccc(Cl)c2c(=O)n1-c1ccc(Cl)cc1. The quantitative estimate of drug-likeness (QED) is 0.465. The van der Waals surface area contributed by atoms with Gasteiger partial charge in [0.15, 0.2) is 0 Å². The highest BCUT2D eigenvalue weighted by atomic mass is 35.5. The fraction of sp³-hybridized carbons (Fsp3) is 0.0909. The average molecular weight is 451 g/mol. The number of nitrogens with zero attached hydrogens (tertiary/aromatic N) is 4. The van der Waals surface area contributed by atoms with E-state index in [-0.39, 0.29) is 22.9 Å². The summed E-state index contributed by atoms with van der Waals surface area (Å²) < 4.78 is 1.57. The lowest BCUT2D eigenvalue weighted by molar-refractivity contribution is 0.772. The number of fused-ring (bicyclic) bond motifs is 1. The Morgan fingerprint density at radius 2 is 1.94 bits per heavy atom. The molecule has 0 spiro atoms. The zero-order valence-corrected chi connectivity index (χ0v) is 17.8. The Morgan fingerprint density at radius 3 is 2.65 bits per heavy atom. The monoisotopic (exact) mass is 450 g/mol. The van der Waals surface area contributed by atoms with Gasteiger partial charge in [-0.3, -0.25) is 9.36 Å². The van der Waals surface area contributed by atoms with Crippen LogP contribution in [0.25, 0.3) is 16.5 Å². The van der Waals surface area contributed by atoms with Gasteiger partial charge >= 0.3 is 0 Å². The molecule has 0 amide bonds. The number of hydrogen-bond donors (Lipinski definition) is 2. The second-order valence-electron chi connectivity index (χ2n) is 6.86. The molecule has 7 nitrogen and oxygen atoms in total. The summed E-state index contributed by atoms with van der Waals surface area (Å²) in [5.41, 5.74) is 6.94. The van der Waals surface area contributed by atoms with Crippen molar-refractivity contribution in [1.29, 1.82) is 5.26 Å². The lowest BCUT2D eigenvalue weighted by atomic mass is 10.1. The van der Waals surface area contributed by atoms with Crippen molar-refractivity contribution >= 4 is 45.7 Å². The van der Waals surface area contributed by atoms with Crippen LogP contribution in [0.5, 0.6) is 0 Å². The van der Waals surface area contributed by atoms with Gasteiger partial charge in [0.1, 0.15) is 17.5 Å². The molecule has 4 rings (SSSR count). The van der Waals surface area contributed by atoms with Gasteiger partial charge < -0.3 is 11.1 Å². The van der Waals surface area contributed by atoms with Crippen molar-refractivity contribution in [2.24, 2.45) is 0 Å². The first-order valence-corrected chi connectivity index (χ1v) is 10.0. The molecule has 2 aromatic heterocycles. The first-order chi connectivity index (χ1) is 14.9. The van der Waals surface area contributed by atoms with Crippen LogP contribution < -0.4 is 16.6 Å². The second kappa shape index (κ2) is 8.26. The molecule has 0 saturated heterocycles. The van der Waals surface area contributed by atoms with Gasteiger partial charge in [0.25, 0.3) is 5.56 Å². The number of rotatable bonds is 4. The third kappa shape index (κ3) is 3.91. The molecule has 2 heterocycles. The van der Waals surface area contributed by atoms with E-state index in [4.69, 9.17) is 28.9 Å². The van der Waals surface area contributed by atoms with Crippen LogP contribution in [0, 0.1) is 11.3 Å². The van der Waals surface area contributed by atoms with Crippen molar-refractivity contribution in [3.05, 3.63) is 86.4 Å². The Labute approximate surface area is 187 Å². The van der Waals surface area contributed by atoms with Crippen LogP contribution in [-0.4, -0.2) is 14.5 Å². The summed E-state index contributed by atoms with van der Waals surface area (Å²) in [6.07, 6.45) is 1.35. The van der Waals surface area contributed by atoms with Crippen molar-refractivity contribution in [2.75, 3.05) is 11.1 Å². The highest BCUT2D eigenvalue weighted by Gasteiger charge is 2.19. The van der Waals surface area contributed by atoms with Gasteiger partial charge in [-0.25, -0.2) is 4.98 Å². The molecule has 0 aliphatic heterocycles. The standard InChI is InChI=1S/C22H16Cl2N6O/c1-12(28-20-14(10-25)11-27-22(26)29-20)18-9-13-3-2-4-17(24)19(13)21(31)30(18)16-7-5-15(23)6-8-16/h2-9,11-12H,1H3,(H3,26,27,28,29)/t12-/m0/s1. The summed E-state index contributed by atoms with van der Waals surface area (Å²) in [6.45, 7) is 1.86. The Bertz CT molecular complexity index is 1390. The van der Waals surface area contributed by atoms with Crippen LogP contribution in [0.15, 0.2) is 59.5 Å². The summed E-state index contributed by atoms with van der Waals surface area (Å²) in [6, 6.07) is 15.7. The Balaban J connectivity index is 1.93. The number of nitrogens with two attached hydrogens (primary N) is 1. The van der Waals surface area contributed by atoms with Crippen molar-refractivity contribution in [3.63, 3.8) is 0 Å². The molecular weight excluding hydrogens is 435 g/mol. The maximum Gasteiger partial charge on any atom is 0.264 e. The number of nitrogen functional groups attached to an aromatic ring is 1. The molecule has 1 atom stereocenters. The van der Waals surface area contributed by atoms with E-state index in [1.165, 1.54) is 6.20 Å². The molecule has 3 N–H and O–H groups in total. The van der Waals surface area contributed by atoms with E-state index >= 15 is 0 Å². The Hall–Kier alpha value is -3.60. The highest BCUT2D eigenvalue weighted by Crippen LogP contribution is 2.28. The molecule has 154 valence electrons. The zero-order chi connectivity index (χ0) is 22.1. The minimum Gasteiger partial charge on any atom is -0.368 e. The largest absolute Gasteiger partial charge is 0.368 e. The number of benzene rings is 2. The summed E-state index contributed by atoms with van der Waals surface area (Å²) in [7, 11) is 0. The maximum atomic E-state index is 13.5. The van der Waals surface area contributed by atoms with Gasteiger partial charge in [-0.2, -0.15) is 10.2 Å². The number of halogens is 2. The van der Waals surface area contributed by atoms with Gasteiger partial charge in [-0.15, -0.1) is 0 Å². The third-order valence-electron chi connectivity index (χ3n) is 4.83. The molecular formula is C22H16Cl2N6O. The van der Waals surface area contributed by atoms with Crippen molar-refractivity contribution in [1.82, 2.24) is 14.5 Å².